The van der Waals surface area contributed by atoms with Gasteiger partial charge in [-0.3, -0.25) is 0 Å². The Kier molecular flexibility index (Phi) is 3.35. The number of aryl methyl sites for hydroxylation is 1. The van der Waals surface area contributed by atoms with E-state index >= 15 is 0 Å². The number of aliphatic hydroxyl groups excluding tert-OH is 1. The van der Waals surface area contributed by atoms with Crippen molar-refractivity contribution in [3.05, 3.63) is 28.8 Å². The molecular formula is C9H8ClNO3S. The van der Waals surface area contributed by atoms with Gasteiger partial charge in [-0.15, -0.1) is 0 Å². The predicted molar refractivity (Wildman–Crippen MR) is 54.9 cm³/mol. The van der Waals surface area contributed by atoms with E-state index in [0.29, 0.717) is 5.56 Å². The molecular weight excluding hydrogens is 238 g/mol. The van der Waals surface area contributed by atoms with Crippen LogP contribution in [0.2, 0.25) is 0 Å². The summed E-state index contributed by atoms with van der Waals surface area (Å²) < 4.78 is 22.4. The maximum absolute atomic E-state index is 11.2. The second-order valence-corrected chi connectivity index (χ2v) is 5.51. The molecule has 80 valence electrons. The van der Waals surface area contributed by atoms with Gasteiger partial charge in [0.05, 0.1) is 12.2 Å². The number of nitrogens with zero attached hydrogens (tertiary/aromatic N) is 1. The first kappa shape index (κ1) is 12.0. The summed E-state index contributed by atoms with van der Waals surface area (Å²) in [5.41, 5.74) is 0.787. The molecule has 0 bridgehead atoms. The van der Waals surface area contributed by atoms with Crippen molar-refractivity contribution in [1.82, 2.24) is 0 Å². The fraction of sp³-hybridized carbons (Fsp3) is 0.222. The maximum Gasteiger partial charge on any atom is 0.262 e. The molecule has 0 spiro atoms. The summed E-state index contributed by atoms with van der Waals surface area (Å²) in [6.45, 7) is 1.22. The van der Waals surface area contributed by atoms with Gasteiger partial charge in [0.25, 0.3) is 9.05 Å². The topological polar surface area (TPSA) is 78.2 Å². The number of hydrogen-bond acceptors (Lipinski definition) is 4. The van der Waals surface area contributed by atoms with Gasteiger partial charge in [-0.25, -0.2) is 8.42 Å². The lowest BCUT2D eigenvalue weighted by Crippen LogP contribution is -2.02. The summed E-state index contributed by atoms with van der Waals surface area (Å²) in [5.74, 6) is 0. The van der Waals surface area contributed by atoms with Gasteiger partial charge in [-0.2, -0.15) is 5.26 Å². The van der Waals surface area contributed by atoms with E-state index in [-0.39, 0.29) is 16.0 Å². The van der Waals surface area contributed by atoms with E-state index in [0.717, 1.165) is 0 Å². The fourth-order valence-electron chi connectivity index (χ4n) is 1.34. The molecule has 0 amide bonds. The predicted octanol–water partition coefficient (Wildman–Crippen LogP) is 1.29. The van der Waals surface area contributed by atoms with E-state index in [1.165, 1.54) is 12.1 Å². The molecule has 0 radical (unpaired) electrons. The second-order valence-electron chi connectivity index (χ2n) is 3.01. The Morgan fingerprint density at radius 2 is 2.13 bits per heavy atom. The molecule has 0 saturated heterocycles. The standard InChI is InChI=1S/C9H8ClNO3S/c1-6-2-7(4-11)9(15(10,13)14)8(3-6)5-12/h2-3,12H,5H2,1H3. The molecule has 15 heavy (non-hydrogen) atoms. The Morgan fingerprint density at radius 3 is 2.53 bits per heavy atom. The summed E-state index contributed by atoms with van der Waals surface area (Å²) in [5, 5.41) is 17.8. The zero-order chi connectivity index (χ0) is 11.6. The molecule has 0 fully saturated rings. The monoisotopic (exact) mass is 245 g/mol. The first-order valence-corrected chi connectivity index (χ1v) is 6.30. The van der Waals surface area contributed by atoms with E-state index in [1.54, 1.807) is 13.0 Å². The van der Waals surface area contributed by atoms with Crippen LogP contribution in [0.25, 0.3) is 0 Å². The number of hydrogen-bond donors (Lipinski definition) is 1. The summed E-state index contributed by atoms with van der Waals surface area (Å²) in [6, 6.07) is 4.64. The second kappa shape index (κ2) is 4.19. The van der Waals surface area contributed by atoms with Crippen LogP contribution in [0.3, 0.4) is 0 Å². The van der Waals surface area contributed by atoms with Gasteiger partial charge >= 0.3 is 0 Å². The Labute approximate surface area is 92.1 Å². The third kappa shape index (κ3) is 2.48. The molecule has 4 nitrogen and oxygen atoms in total. The molecule has 0 aromatic heterocycles. The fourth-order valence-corrected chi connectivity index (χ4v) is 2.69. The van der Waals surface area contributed by atoms with Crippen molar-refractivity contribution in [2.24, 2.45) is 0 Å². The minimum Gasteiger partial charge on any atom is -0.392 e. The third-order valence-electron chi connectivity index (χ3n) is 1.84. The molecule has 1 aromatic rings. The summed E-state index contributed by atoms with van der Waals surface area (Å²) in [4.78, 5) is -0.306. The van der Waals surface area contributed by atoms with Gasteiger partial charge in [-0.05, 0) is 24.1 Å². The summed E-state index contributed by atoms with van der Waals surface area (Å²) in [6.07, 6.45) is 0. The Bertz CT molecular complexity index is 531. The lowest BCUT2D eigenvalue weighted by molar-refractivity contribution is 0.278. The van der Waals surface area contributed by atoms with E-state index in [9.17, 15) is 8.42 Å². The van der Waals surface area contributed by atoms with Gasteiger partial charge in [-0.1, -0.05) is 6.07 Å². The first-order valence-electron chi connectivity index (χ1n) is 3.99. The molecule has 0 aliphatic heterocycles. The average molecular weight is 246 g/mol. The van der Waals surface area contributed by atoms with E-state index in [2.05, 4.69) is 0 Å². The van der Waals surface area contributed by atoms with Crippen molar-refractivity contribution in [2.45, 2.75) is 18.4 Å². The lowest BCUT2D eigenvalue weighted by atomic mass is 10.1. The molecule has 1 N–H and O–H groups in total. The van der Waals surface area contributed by atoms with Crippen LogP contribution in [0.15, 0.2) is 17.0 Å². The van der Waals surface area contributed by atoms with Gasteiger partial charge in [0.1, 0.15) is 11.0 Å². The number of rotatable bonds is 2. The lowest BCUT2D eigenvalue weighted by Gasteiger charge is -2.07. The highest BCUT2D eigenvalue weighted by atomic mass is 35.7. The smallest absolute Gasteiger partial charge is 0.262 e. The quantitative estimate of drug-likeness (QED) is 0.797. The SMILES string of the molecule is Cc1cc(C#N)c(S(=O)(=O)Cl)c(CO)c1. The molecule has 0 heterocycles. The number of halogens is 1. The van der Waals surface area contributed by atoms with Gasteiger partial charge in [0, 0.05) is 10.7 Å². The van der Waals surface area contributed by atoms with Crippen molar-refractivity contribution in [2.75, 3.05) is 0 Å². The van der Waals surface area contributed by atoms with Crippen LogP contribution in [-0.2, 0) is 15.7 Å². The highest BCUT2D eigenvalue weighted by Crippen LogP contribution is 2.25. The highest BCUT2D eigenvalue weighted by Gasteiger charge is 2.20. The maximum atomic E-state index is 11.2. The first-order chi connectivity index (χ1) is 6.90. The van der Waals surface area contributed by atoms with Gasteiger partial charge < -0.3 is 5.11 Å². The van der Waals surface area contributed by atoms with Crippen molar-refractivity contribution in [1.29, 1.82) is 5.26 Å². The van der Waals surface area contributed by atoms with Crippen LogP contribution < -0.4 is 0 Å². The Morgan fingerprint density at radius 1 is 1.53 bits per heavy atom. The molecule has 0 aliphatic carbocycles. The minimum absolute atomic E-state index is 0.0472. The van der Waals surface area contributed by atoms with E-state index < -0.39 is 15.7 Å². The number of nitriles is 1. The van der Waals surface area contributed by atoms with Gasteiger partial charge in [0.15, 0.2) is 0 Å². The third-order valence-corrected chi connectivity index (χ3v) is 3.28. The summed E-state index contributed by atoms with van der Waals surface area (Å²) in [7, 11) is 1.17. The van der Waals surface area contributed by atoms with Gasteiger partial charge in [0.2, 0.25) is 0 Å². The zero-order valence-corrected chi connectivity index (χ0v) is 9.43. The van der Waals surface area contributed by atoms with E-state index in [4.69, 9.17) is 21.1 Å². The normalized spacial score (nSPS) is 11.1. The zero-order valence-electron chi connectivity index (χ0n) is 7.86. The van der Waals surface area contributed by atoms with Crippen LogP contribution in [0.1, 0.15) is 16.7 Å². The Hall–Kier alpha value is -1.09. The van der Waals surface area contributed by atoms with E-state index in [1.807, 2.05) is 0 Å². The molecule has 1 rings (SSSR count). The molecule has 0 aliphatic rings. The van der Waals surface area contributed by atoms with Crippen LogP contribution in [-0.4, -0.2) is 13.5 Å². The van der Waals surface area contributed by atoms with Crippen molar-refractivity contribution >= 4 is 19.7 Å². The van der Waals surface area contributed by atoms with Crippen LogP contribution in [0, 0.1) is 18.3 Å². The molecule has 0 saturated carbocycles. The van der Waals surface area contributed by atoms with Crippen molar-refractivity contribution in [3.63, 3.8) is 0 Å². The number of benzene rings is 1. The summed E-state index contributed by atoms with van der Waals surface area (Å²) >= 11 is 0. The number of aliphatic hydroxyl groups is 1. The highest BCUT2D eigenvalue weighted by molar-refractivity contribution is 8.13. The van der Waals surface area contributed by atoms with Crippen LogP contribution >= 0.6 is 10.7 Å². The Balaban J connectivity index is 3.69. The molecule has 0 unspecified atom stereocenters. The van der Waals surface area contributed by atoms with Crippen molar-refractivity contribution in [3.8, 4) is 6.07 Å². The molecule has 0 atom stereocenters. The minimum atomic E-state index is -4.02. The van der Waals surface area contributed by atoms with Crippen LogP contribution in [0.5, 0.6) is 0 Å². The molecule has 6 heteroatoms. The molecule has 1 aromatic carbocycles. The van der Waals surface area contributed by atoms with Crippen LogP contribution in [0.4, 0.5) is 0 Å². The largest absolute Gasteiger partial charge is 0.392 e. The average Bonchev–Trinajstić information content (AvgIpc) is 2.14. The van der Waals surface area contributed by atoms with Crippen molar-refractivity contribution < 1.29 is 13.5 Å².